The van der Waals surface area contributed by atoms with Crippen molar-refractivity contribution in [3.63, 3.8) is 0 Å². The smallest absolute Gasteiger partial charge is 0.489 e. The molecule has 0 spiro atoms. The number of carboxylic acid groups (broad SMARTS) is 2. The predicted octanol–water partition coefficient (Wildman–Crippen LogP) is 6.25. The second-order valence-corrected chi connectivity index (χ2v) is 8.98. The van der Waals surface area contributed by atoms with E-state index in [4.69, 9.17) is 19.7 Å². The predicted molar refractivity (Wildman–Crippen MR) is 136 cm³/mol. The first kappa shape index (κ1) is 28.7. The first-order chi connectivity index (χ1) is 18.1. The van der Waals surface area contributed by atoms with Gasteiger partial charge in [0.15, 0.2) is 0 Å². The summed E-state index contributed by atoms with van der Waals surface area (Å²) in [6, 6.07) is 27.7. The summed E-state index contributed by atoms with van der Waals surface area (Å²) in [4.78, 5) is 22.1. The highest BCUT2D eigenvalue weighted by atomic mass is 19.4. The summed E-state index contributed by atoms with van der Waals surface area (Å²) in [5.74, 6) is -2.73. The third kappa shape index (κ3) is 9.23. The number of carboxylic acids is 2. The summed E-state index contributed by atoms with van der Waals surface area (Å²) in [6.45, 7) is 2.64. The van der Waals surface area contributed by atoms with E-state index < -0.39 is 18.1 Å². The molecule has 1 aliphatic rings. The topological polar surface area (TPSA) is 87.1 Å². The van der Waals surface area contributed by atoms with Gasteiger partial charge in [0.25, 0.3) is 0 Å². The number of aliphatic carboxylic acids is 2. The fourth-order valence-corrected chi connectivity index (χ4v) is 4.21. The Morgan fingerprint density at radius 2 is 1.45 bits per heavy atom. The van der Waals surface area contributed by atoms with Crippen molar-refractivity contribution in [3.05, 3.63) is 101 Å². The molecule has 202 valence electrons. The molecule has 0 amide bonds. The molecule has 1 fully saturated rings. The van der Waals surface area contributed by atoms with E-state index >= 15 is 0 Å². The van der Waals surface area contributed by atoms with Crippen LogP contribution < -0.4 is 4.74 Å². The molecular formula is C29H30F3NO5. The Morgan fingerprint density at radius 1 is 0.868 bits per heavy atom. The van der Waals surface area contributed by atoms with Crippen molar-refractivity contribution in [1.82, 2.24) is 4.90 Å². The van der Waals surface area contributed by atoms with E-state index in [9.17, 15) is 18.0 Å². The first-order valence-corrected chi connectivity index (χ1v) is 12.2. The van der Waals surface area contributed by atoms with Crippen molar-refractivity contribution < 1.29 is 37.7 Å². The van der Waals surface area contributed by atoms with Crippen molar-refractivity contribution in [1.29, 1.82) is 0 Å². The molecule has 0 aromatic heterocycles. The molecule has 1 unspecified atom stereocenters. The van der Waals surface area contributed by atoms with Gasteiger partial charge in [0.1, 0.15) is 12.4 Å². The minimum absolute atomic E-state index is 0.149. The van der Waals surface area contributed by atoms with E-state index in [1.807, 2.05) is 24.3 Å². The van der Waals surface area contributed by atoms with Crippen molar-refractivity contribution in [3.8, 4) is 5.75 Å². The monoisotopic (exact) mass is 529 g/mol. The lowest BCUT2D eigenvalue weighted by molar-refractivity contribution is -0.192. The summed E-state index contributed by atoms with van der Waals surface area (Å²) in [5, 5.41) is 15.9. The number of ether oxygens (including phenoxy) is 1. The second kappa shape index (κ2) is 13.6. The van der Waals surface area contributed by atoms with Crippen molar-refractivity contribution in [2.24, 2.45) is 0 Å². The van der Waals surface area contributed by atoms with Crippen LogP contribution in [0.15, 0.2) is 78.9 Å². The van der Waals surface area contributed by atoms with Gasteiger partial charge in [-0.1, -0.05) is 66.7 Å². The molecule has 0 saturated carbocycles. The molecule has 1 atom stereocenters. The maximum absolute atomic E-state index is 10.7. The van der Waals surface area contributed by atoms with Gasteiger partial charge in [0, 0.05) is 19.0 Å². The first-order valence-electron chi connectivity index (χ1n) is 12.2. The fourth-order valence-electron chi connectivity index (χ4n) is 4.21. The number of likely N-dealkylation sites (tertiary alicyclic amines) is 1. The highest BCUT2D eigenvalue weighted by Gasteiger charge is 2.38. The average Bonchev–Trinajstić information content (AvgIpc) is 3.36. The second-order valence-electron chi connectivity index (χ2n) is 8.98. The molecule has 2 N–H and O–H groups in total. The number of benzene rings is 3. The van der Waals surface area contributed by atoms with Gasteiger partial charge >= 0.3 is 18.1 Å². The number of nitrogens with zero attached hydrogens (tertiary/aromatic N) is 1. The third-order valence-corrected chi connectivity index (χ3v) is 6.16. The summed E-state index contributed by atoms with van der Waals surface area (Å²) >= 11 is 0. The molecule has 38 heavy (non-hydrogen) atoms. The summed E-state index contributed by atoms with van der Waals surface area (Å²) in [5.41, 5.74) is 4.89. The Labute approximate surface area is 219 Å². The van der Waals surface area contributed by atoms with Gasteiger partial charge in [0.2, 0.25) is 0 Å². The van der Waals surface area contributed by atoms with Crippen LogP contribution in [0.1, 0.15) is 47.6 Å². The van der Waals surface area contributed by atoms with Crippen molar-refractivity contribution >= 4 is 11.9 Å². The van der Waals surface area contributed by atoms with Crippen LogP contribution in [0.2, 0.25) is 0 Å². The lowest BCUT2D eigenvalue weighted by atomic mass is 10.0. The lowest BCUT2D eigenvalue weighted by Gasteiger charge is -2.25. The van der Waals surface area contributed by atoms with Crippen molar-refractivity contribution in [2.45, 2.75) is 51.1 Å². The highest BCUT2D eigenvalue weighted by Crippen LogP contribution is 2.33. The zero-order valence-corrected chi connectivity index (χ0v) is 20.7. The number of aryl methyl sites for hydroxylation is 1. The van der Waals surface area contributed by atoms with Gasteiger partial charge in [-0.3, -0.25) is 9.69 Å². The Balaban J connectivity index is 0.000000505. The molecule has 4 rings (SSSR count). The van der Waals surface area contributed by atoms with E-state index in [1.54, 1.807) is 0 Å². The summed E-state index contributed by atoms with van der Waals surface area (Å²) in [6.07, 6.45) is -1.92. The van der Waals surface area contributed by atoms with Crippen LogP contribution in [0.25, 0.3) is 0 Å². The zero-order chi connectivity index (χ0) is 27.5. The van der Waals surface area contributed by atoms with Crippen LogP contribution in [0.4, 0.5) is 13.2 Å². The van der Waals surface area contributed by atoms with E-state index in [-0.39, 0.29) is 6.42 Å². The largest absolute Gasteiger partial charge is 0.490 e. The lowest BCUT2D eigenvalue weighted by Crippen LogP contribution is -2.22. The molecule has 9 heteroatoms. The molecule has 1 saturated heterocycles. The van der Waals surface area contributed by atoms with Gasteiger partial charge in [-0.2, -0.15) is 13.2 Å². The van der Waals surface area contributed by atoms with Gasteiger partial charge in [-0.15, -0.1) is 0 Å². The normalized spacial score (nSPS) is 15.4. The minimum Gasteiger partial charge on any atom is -0.489 e. The minimum atomic E-state index is -5.08. The standard InChI is InChI=1S/C27H29NO3.C2HF3O2/c29-27(30)17-14-21-12-15-25(16-13-21)31-20-23-10-8-22(9-11-23)19-28-18-4-7-26(28)24-5-2-1-3-6-24;3-2(4,5)1(6)7/h1-3,5-6,8-13,15-16,26H,4,7,14,17-20H2,(H,29,30);(H,6,7). The Morgan fingerprint density at radius 3 is 2.03 bits per heavy atom. The number of rotatable bonds is 9. The van der Waals surface area contributed by atoms with Gasteiger partial charge in [-0.05, 0) is 60.2 Å². The summed E-state index contributed by atoms with van der Waals surface area (Å²) in [7, 11) is 0. The number of alkyl halides is 3. The van der Waals surface area contributed by atoms with Crippen LogP contribution in [0.5, 0.6) is 5.75 Å². The van der Waals surface area contributed by atoms with Crippen molar-refractivity contribution in [2.75, 3.05) is 6.54 Å². The fraction of sp³-hybridized carbons (Fsp3) is 0.310. The molecule has 3 aromatic rings. The highest BCUT2D eigenvalue weighted by molar-refractivity contribution is 5.73. The molecule has 0 bridgehead atoms. The SMILES string of the molecule is O=C(O)C(F)(F)F.O=C(O)CCc1ccc(OCc2ccc(CN3CCCC3c3ccccc3)cc2)cc1. The van der Waals surface area contributed by atoms with E-state index in [1.165, 1.54) is 24.0 Å². The van der Waals surface area contributed by atoms with Crippen LogP contribution in [0, 0.1) is 0 Å². The summed E-state index contributed by atoms with van der Waals surface area (Å²) < 4.78 is 37.6. The molecule has 1 heterocycles. The van der Waals surface area contributed by atoms with E-state index in [0.29, 0.717) is 19.1 Å². The average molecular weight is 530 g/mol. The van der Waals surface area contributed by atoms with Crippen LogP contribution in [0.3, 0.4) is 0 Å². The number of hydrogen-bond acceptors (Lipinski definition) is 4. The van der Waals surface area contributed by atoms with Gasteiger partial charge < -0.3 is 14.9 Å². The van der Waals surface area contributed by atoms with Gasteiger partial charge in [-0.25, -0.2) is 4.79 Å². The Kier molecular flexibility index (Phi) is 10.3. The molecular weight excluding hydrogens is 499 g/mol. The van der Waals surface area contributed by atoms with Crippen LogP contribution >= 0.6 is 0 Å². The Hall–Kier alpha value is -3.85. The molecule has 0 radical (unpaired) electrons. The van der Waals surface area contributed by atoms with Crippen LogP contribution in [-0.2, 0) is 29.2 Å². The van der Waals surface area contributed by atoms with Gasteiger partial charge in [0.05, 0.1) is 0 Å². The molecule has 6 nitrogen and oxygen atoms in total. The Bertz CT molecular complexity index is 1170. The number of hydrogen-bond donors (Lipinski definition) is 2. The number of halogens is 3. The van der Waals surface area contributed by atoms with E-state index in [2.05, 4.69) is 59.5 Å². The van der Waals surface area contributed by atoms with Crippen LogP contribution in [-0.4, -0.2) is 39.8 Å². The quantitative estimate of drug-likeness (QED) is 0.341. The van der Waals surface area contributed by atoms with E-state index in [0.717, 1.165) is 30.0 Å². The maximum atomic E-state index is 10.7. The third-order valence-electron chi connectivity index (χ3n) is 6.16. The molecule has 1 aliphatic heterocycles. The number of carbonyl (C=O) groups is 2. The maximum Gasteiger partial charge on any atom is 0.490 e. The molecule has 3 aromatic carbocycles. The molecule has 0 aliphatic carbocycles. The zero-order valence-electron chi connectivity index (χ0n) is 20.7.